The number of likely N-dealkylation sites (tertiary alicyclic amines) is 1. The first-order chi connectivity index (χ1) is 9.49. The van der Waals surface area contributed by atoms with Gasteiger partial charge in [0.2, 0.25) is 0 Å². The minimum Gasteiger partial charge on any atom is -0.480 e. The van der Waals surface area contributed by atoms with Crippen LogP contribution in [0.2, 0.25) is 0 Å². The van der Waals surface area contributed by atoms with E-state index in [2.05, 4.69) is 0 Å². The van der Waals surface area contributed by atoms with Gasteiger partial charge in [-0.2, -0.15) is 0 Å². The van der Waals surface area contributed by atoms with Crippen molar-refractivity contribution in [2.45, 2.75) is 25.4 Å². The van der Waals surface area contributed by atoms with Gasteiger partial charge >= 0.3 is 12.0 Å². The molecule has 0 radical (unpaired) electrons. The molecule has 1 fully saturated rings. The quantitative estimate of drug-likeness (QED) is 0.920. The summed E-state index contributed by atoms with van der Waals surface area (Å²) in [6.45, 7) is 0.783. The summed E-state index contributed by atoms with van der Waals surface area (Å²) in [4.78, 5) is 26.2. The lowest BCUT2D eigenvalue weighted by Crippen LogP contribution is -2.46. The molecule has 1 N–H and O–H groups in total. The largest absolute Gasteiger partial charge is 0.480 e. The van der Waals surface area contributed by atoms with Gasteiger partial charge in [0.05, 0.1) is 0 Å². The van der Waals surface area contributed by atoms with Crippen molar-refractivity contribution in [2.24, 2.45) is 0 Å². The molecular formula is C14H17FN2O3. The molecule has 1 heterocycles. The summed E-state index contributed by atoms with van der Waals surface area (Å²) in [6, 6.07) is 4.85. The molecule has 0 aliphatic carbocycles. The Bertz CT molecular complexity index is 504. The molecular weight excluding hydrogens is 263 g/mol. The van der Waals surface area contributed by atoms with Crippen molar-refractivity contribution in [3.8, 4) is 0 Å². The second-order valence-corrected chi connectivity index (χ2v) is 4.95. The average Bonchev–Trinajstić information content (AvgIpc) is 2.90. The van der Waals surface area contributed by atoms with Gasteiger partial charge in [-0.3, -0.25) is 0 Å². The maximum absolute atomic E-state index is 12.8. The summed E-state index contributed by atoms with van der Waals surface area (Å²) < 4.78 is 12.8. The highest BCUT2D eigenvalue weighted by Gasteiger charge is 2.35. The molecule has 2 amide bonds. The highest BCUT2D eigenvalue weighted by atomic mass is 19.1. The number of carboxylic acid groups (broad SMARTS) is 1. The van der Waals surface area contributed by atoms with Crippen LogP contribution in [0.1, 0.15) is 18.4 Å². The predicted octanol–water partition coefficient (Wildman–Crippen LogP) is 1.93. The number of benzene rings is 1. The van der Waals surface area contributed by atoms with Crippen LogP contribution in [-0.4, -0.2) is 46.5 Å². The van der Waals surface area contributed by atoms with E-state index < -0.39 is 12.0 Å². The van der Waals surface area contributed by atoms with Crippen molar-refractivity contribution in [1.82, 2.24) is 9.80 Å². The van der Waals surface area contributed by atoms with Crippen molar-refractivity contribution in [3.63, 3.8) is 0 Å². The van der Waals surface area contributed by atoms with Crippen molar-refractivity contribution in [1.29, 1.82) is 0 Å². The van der Waals surface area contributed by atoms with E-state index in [1.54, 1.807) is 19.2 Å². The number of urea groups is 1. The molecule has 0 spiro atoms. The molecule has 0 aromatic heterocycles. The molecule has 2 rings (SSSR count). The number of halogens is 1. The van der Waals surface area contributed by atoms with Crippen LogP contribution >= 0.6 is 0 Å². The molecule has 1 aliphatic heterocycles. The van der Waals surface area contributed by atoms with Gasteiger partial charge in [0.15, 0.2) is 0 Å². The molecule has 1 aromatic carbocycles. The summed E-state index contributed by atoms with van der Waals surface area (Å²) in [5.74, 6) is -1.29. The van der Waals surface area contributed by atoms with Gasteiger partial charge in [-0.15, -0.1) is 0 Å². The van der Waals surface area contributed by atoms with E-state index >= 15 is 0 Å². The first kappa shape index (κ1) is 14.3. The van der Waals surface area contributed by atoms with Crippen molar-refractivity contribution >= 4 is 12.0 Å². The SMILES string of the molecule is CN(Cc1ccc(F)cc1)C(=O)N1CCC[C@@H]1C(=O)O. The Balaban J connectivity index is 2.01. The average molecular weight is 280 g/mol. The highest BCUT2D eigenvalue weighted by Crippen LogP contribution is 2.19. The molecule has 1 saturated heterocycles. The number of rotatable bonds is 3. The number of carboxylic acids is 1. The topological polar surface area (TPSA) is 60.9 Å². The summed E-state index contributed by atoms with van der Waals surface area (Å²) in [6.07, 6.45) is 1.19. The Hall–Kier alpha value is -2.11. The zero-order valence-corrected chi connectivity index (χ0v) is 11.3. The predicted molar refractivity (Wildman–Crippen MR) is 70.6 cm³/mol. The van der Waals surface area contributed by atoms with Crippen molar-refractivity contribution in [3.05, 3.63) is 35.6 Å². The van der Waals surface area contributed by atoms with Gasteiger partial charge in [-0.25, -0.2) is 14.0 Å². The zero-order chi connectivity index (χ0) is 14.7. The van der Waals surface area contributed by atoms with Crippen molar-refractivity contribution in [2.75, 3.05) is 13.6 Å². The normalized spacial score (nSPS) is 18.1. The fourth-order valence-electron chi connectivity index (χ4n) is 2.40. The Morgan fingerprint density at radius 3 is 2.65 bits per heavy atom. The maximum atomic E-state index is 12.8. The smallest absolute Gasteiger partial charge is 0.326 e. The van der Waals surface area contributed by atoms with Crippen LogP contribution in [0, 0.1) is 5.82 Å². The van der Waals surface area contributed by atoms with E-state index in [4.69, 9.17) is 5.11 Å². The molecule has 108 valence electrons. The Morgan fingerprint density at radius 1 is 1.40 bits per heavy atom. The molecule has 0 saturated carbocycles. The fourth-order valence-corrected chi connectivity index (χ4v) is 2.40. The van der Waals surface area contributed by atoms with E-state index in [1.807, 2.05) is 0 Å². The van der Waals surface area contributed by atoms with Gasteiger partial charge in [-0.05, 0) is 30.5 Å². The van der Waals surface area contributed by atoms with Crippen LogP contribution in [0.25, 0.3) is 0 Å². The number of aliphatic carboxylic acids is 1. The van der Waals surface area contributed by atoms with Crippen LogP contribution in [-0.2, 0) is 11.3 Å². The standard InChI is InChI=1S/C14H17FN2O3/c1-16(9-10-4-6-11(15)7-5-10)14(20)17-8-2-3-12(17)13(18)19/h4-7,12H,2-3,8-9H2,1H3,(H,18,19)/t12-/m1/s1. The lowest BCUT2D eigenvalue weighted by atomic mass is 10.2. The zero-order valence-electron chi connectivity index (χ0n) is 11.3. The third-order valence-electron chi connectivity index (χ3n) is 3.44. The number of hydrogen-bond donors (Lipinski definition) is 1. The molecule has 1 atom stereocenters. The number of hydrogen-bond acceptors (Lipinski definition) is 2. The fraction of sp³-hybridized carbons (Fsp3) is 0.429. The molecule has 1 aliphatic rings. The number of amides is 2. The molecule has 20 heavy (non-hydrogen) atoms. The minimum absolute atomic E-state index is 0.306. The van der Waals surface area contributed by atoms with E-state index in [1.165, 1.54) is 21.9 Å². The van der Waals surface area contributed by atoms with Crippen molar-refractivity contribution < 1.29 is 19.1 Å². The third-order valence-corrected chi connectivity index (χ3v) is 3.44. The summed E-state index contributed by atoms with van der Waals surface area (Å²) in [7, 11) is 1.61. The van der Waals surface area contributed by atoms with E-state index in [0.717, 1.165) is 5.56 Å². The molecule has 6 heteroatoms. The number of carbonyl (C=O) groups is 2. The monoisotopic (exact) mass is 280 g/mol. The number of nitrogens with zero attached hydrogens (tertiary/aromatic N) is 2. The van der Waals surface area contributed by atoms with Gasteiger partial charge in [-0.1, -0.05) is 12.1 Å². The van der Waals surface area contributed by atoms with Crippen LogP contribution in [0.15, 0.2) is 24.3 Å². The summed E-state index contributed by atoms with van der Waals surface area (Å²) in [5, 5.41) is 9.08. The lowest BCUT2D eigenvalue weighted by molar-refractivity contribution is -0.141. The number of carbonyl (C=O) groups excluding carboxylic acids is 1. The lowest BCUT2D eigenvalue weighted by Gasteiger charge is -2.27. The Labute approximate surface area is 116 Å². The molecule has 5 nitrogen and oxygen atoms in total. The first-order valence-corrected chi connectivity index (χ1v) is 6.48. The van der Waals surface area contributed by atoms with E-state index in [-0.39, 0.29) is 11.8 Å². The second-order valence-electron chi connectivity index (χ2n) is 4.95. The minimum atomic E-state index is -0.967. The van der Waals surface area contributed by atoms with Gasteiger partial charge < -0.3 is 14.9 Å². The first-order valence-electron chi connectivity index (χ1n) is 6.48. The van der Waals surface area contributed by atoms with Gasteiger partial charge in [0.1, 0.15) is 11.9 Å². The van der Waals surface area contributed by atoms with E-state index in [0.29, 0.717) is 25.9 Å². The Kier molecular flexibility index (Phi) is 4.22. The summed E-state index contributed by atoms with van der Waals surface area (Å²) in [5.41, 5.74) is 0.799. The Morgan fingerprint density at radius 2 is 2.05 bits per heavy atom. The van der Waals surface area contributed by atoms with E-state index in [9.17, 15) is 14.0 Å². The van der Waals surface area contributed by atoms with Crippen LogP contribution in [0.4, 0.5) is 9.18 Å². The van der Waals surface area contributed by atoms with Crippen LogP contribution in [0.3, 0.4) is 0 Å². The van der Waals surface area contributed by atoms with Crippen LogP contribution < -0.4 is 0 Å². The third kappa shape index (κ3) is 3.07. The van der Waals surface area contributed by atoms with Gasteiger partial charge in [0, 0.05) is 20.1 Å². The summed E-state index contributed by atoms with van der Waals surface area (Å²) >= 11 is 0. The van der Waals surface area contributed by atoms with Crippen LogP contribution in [0.5, 0.6) is 0 Å². The maximum Gasteiger partial charge on any atom is 0.326 e. The molecule has 1 aromatic rings. The van der Waals surface area contributed by atoms with Gasteiger partial charge in [0.25, 0.3) is 0 Å². The highest BCUT2D eigenvalue weighted by molar-refractivity contribution is 5.83. The molecule has 0 bridgehead atoms. The second kappa shape index (κ2) is 5.90. The molecule has 0 unspecified atom stereocenters.